The summed E-state index contributed by atoms with van der Waals surface area (Å²) in [6.45, 7) is 0. The number of carbonyl (C=O) groups is 1. The van der Waals surface area contributed by atoms with Crippen LogP contribution in [0.2, 0.25) is 10.0 Å². The summed E-state index contributed by atoms with van der Waals surface area (Å²) in [6.07, 6.45) is 2.51. The maximum absolute atomic E-state index is 13.8. The largest absolute Gasteiger partial charge is 0.393 e. The number of urea groups is 1. The first-order valence-corrected chi connectivity index (χ1v) is 12.0. The standard InChI is InChI=1S/C26H24Cl2N4O2.FH/c27-17-8-12-20(13-9-17)32-25(23-6-1-2-7-24(23)30-32)31(21-5-3-4-18(28)16-21)26(34)29-19-10-14-22(33)15-11-19;/h1-9,12-13,16,19,22,33H,10-11,14-15H2,(H,29,34);1H. The average molecular weight is 515 g/mol. The second-order valence-corrected chi connectivity index (χ2v) is 9.37. The minimum atomic E-state index is -0.299. The zero-order valence-corrected chi connectivity index (χ0v) is 20.3. The van der Waals surface area contributed by atoms with Gasteiger partial charge in [0.15, 0.2) is 5.82 Å². The molecule has 3 aromatic carbocycles. The van der Waals surface area contributed by atoms with Gasteiger partial charge >= 0.3 is 6.03 Å². The molecule has 1 saturated carbocycles. The van der Waals surface area contributed by atoms with Gasteiger partial charge in [-0.05, 0) is 80.3 Å². The van der Waals surface area contributed by atoms with Gasteiger partial charge in [-0.15, -0.1) is 0 Å². The second-order valence-electron chi connectivity index (χ2n) is 8.50. The van der Waals surface area contributed by atoms with E-state index in [1.54, 1.807) is 33.8 Å². The van der Waals surface area contributed by atoms with Crippen LogP contribution in [0.5, 0.6) is 0 Å². The molecule has 0 unspecified atom stereocenters. The summed E-state index contributed by atoms with van der Waals surface area (Å²) in [4.78, 5) is 15.5. The second kappa shape index (κ2) is 10.6. The number of aromatic nitrogens is 2. The molecule has 6 nitrogen and oxygen atoms in total. The number of aliphatic hydroxyl groups excluding tert-OH is 1. The fraction of sp³-hybridized carbons (Fsp3) is 0.231. The Kier molecular flexibility index (Phi) is 7.60. The lowest BCUT2D eigenvalue weighted by Crippen LogP contribution is -2.45. The Hall–Kier alpha value is -3.13. The minimum Gasteiger partial charge on any atom is -0.393 e. The van der Waals surface area contributed by atoms with Crippen LogP contribution in [0.3, 0.4) is 0 Å². The van der Waals surface area contributed by atoms with Crippen LogP contribution in [-0.4, -0.2) is 33.1 Å². The highest BCUT2D eigenvalue weighted by molar-refractivity contribution is 6.31. The molecule has 5 rings (SSSR count). The Morgan fingerprint density at radius 2 is 1.66 bits per heavy atom. The highest BCUT2D eigenvalue weighted by atomic mass is 35.5. The highest BCUT2D eigenvalue weighted by Gasteiger charge is 2.29. The van der Waals surface area contributed by atoms with Crippen molar-refractivity contribution >= 4 is 51.6 Å². The SMILES string of the molecule is F.O=C(NC1CCC(O)CC1)N(c1cccc(Cl)c1)c1c2ccccc2nn1-c1ccc(Cl)cc1. The summed E-state index contributed by atoms with van der Waals surface area (Å²) in [5, 5.41) is 19.8. The lowest BCUT2D eigenvalue weighted by Gasteiger charge is -2.30. The molecule has 0 spiro atoms. The van der Waals surface area contributed by atoms with Gasteiger partial charge in [0.25, 0.3) is 0 Å². The number of hydrogen-bond donors (Lipinski definition) is 2. The van der Waals surface area contributed by atoms with Gasteiger partial charge in [-0.25, -0.2) is 14.4 Å². The van der Waals surface area contributed by atoms with E-state index < -0.39 is 0 Å². The van der Waals surface area contributed by atoms with E-state index in [0.29, 0.717) is 34.4 Å². The van der Waals surface area contributed by atoms with Crippen LogP contribution in [0.1, 0.15) is 25.7 Å². The fourth-order valence-electron chi connectivity index (χ4n) is 4.41. The van der Waals surface area contributed by atoms with Gasteiger partial charge in [-0.1, -0.05) is 41.4 Å². The Labute approximate surface area is 212 Å². The van der Waals surface area contributed by atoms with Gasteiger partial charge in [-0.3, -0.25) is 4.70 Å². The number of benzene rings is 3. The van der Waals surface area contributed by atoms with E-state index >= 15 is 0 Å². The molecular formula is C26H25Cl2FN4O2. The lowest BCUT2D eigenvalue weighted by atomic mass is 9.93. The molecule has 1 aliphatic carbocycles. The van der Waals surface area contributed by atoms with Gasteiger partial charge in [0, 0.05) is 21.5 Å². The molecule has 1 heterocycles. The number of rotatable bonds is 4. The molecule has 0 radical (unpaired) electrons. The zero-order valence-electron chi connectivity index (χ0n) is 18.8. The van der Waals surface area contributed by atoms with Crippen molar-refractivity contribution < 1.29 is 14.6 Å². The van der Waals surface area contributed by atoms with Crippen LogP contribution < -0.4 is 10.2 Å². The molecule has 0 saturated heterocycles. The summed E-state index contributed by atoms with van der Waals surface area (Å²) in [7, 11) is 0. The third kappa shape index (κ3) is 5.27. The van der Waals surface area contributed by atoms with Crippen LogP contribution in [0.4, 0.5) is 21.0 Å². The number of anilines is 2. The Morgan fingerprint density at radius 3 is 2.37 bits per heavy atom. The number of amides is 2. The van der Waals surface area contributed by atoms with E-state index in [0.717, 1.165) is 29.4 Å². The van der Waals surface area contributed by atoms with Crippen LogP contribution in [-0.2, 0) is 0 Å². The number of nitrogens with one attached hydrogen (secondary N) is 1. The molecule has 4 aromatic rings. The van der Waals surface area contributed by atoms with Crippen molar-refractivity contribution in [2.24, 2.45) is 0 Å². The number of fused-ring (bicyclic) bond motifs is 1. The number of hydrogen-bond acceptors (Lipinski definition) is 3. The molecule has 0 bridgehead atoms. The number of aliphatic hydroxyl groups is 1. The first kappa shape index (κ1) is 25.0. The summed E-state index contributed by atoms with van der Waals surface area (Å²) in [6, 6.07) is 22.0. The van der Waals surface area contributed by atoms with Crippen molar-refractivity contribution in [1.82, 2.24) is 15.1 Å². The molecule has 2 N–H and O–H groups in total. The molecule has 0 aliphatic heterocycles. The quantitative estimate of drug-likeness (QED) is 0.320. The monoisotopic (exact) mass is 514 g/mol. The third-order valence-electron chi connectivity index (χ3n) is 6.13. The average Bonchev–Trinajstić information content (AvgIpc) is 3.21. The van der Waals surface area contributed by atoms with E-state index in [9.17, 15) is 9.90 Å². The lowest BCUT2D eigenvalue weighted by molar-refractivity contribution is 0.118. The van der Waals surface area contributed by atoms with Crippen molar-refractivity contribution in [2.45, 2.75) is 37.8 Å². The summed E-state index contributed by atoms with van der Waals surface area (Å²) < 4.78 is 1.76. The maximum Gasteiger partial charge on any atom is 0.327 e. The first-order chi connectivity index (χ1) is 16.5. The molecule has 1 aromatic heterocycles. The molecule has 2 amide bonds. The van der Waals surface area contributed by atoms with Gasteiger partial charge in [-0.2, -0.15) is 5.10 Å². The highest BCUT2D eigenvalue weighted by Crippen LogP contribution is 2.36. The van der Waals surface area contributed by atoms with E-state index in [1.165, 1.54) is 0 Å². The summed E-state index contributed by atoms with van der Waals surface area (Å²) in [5.74, 6) is 0.605. The van der Waals surface area contributed by atoms with E-state index in [2.05, 4.69) is 5.32 Å². The van der Waals surface area contributed by atoms with E-state index in [4.69, 9.17) is 28.3 Å². The normalized spacial score (nSPS) is 17.6. The Morgan fingerprint density at radius 1 is 0.943 bits per heavy atom. The van der Waals surface area contributed by atoms with Crippen molar-refractivity contribution in [3.05, 3.63) is 82.8 Å². The Bertz CT molecular complexity index is 1320. The van der Waals surface area contributed by atoms with Crippen LogP contribution >= 0.6 is 23.2 Å². The van der Waals surface area contributed by atoms with Gasteiger partial charge in [0.2, 0.25) is 0 Å². The number of carbonyl (C=O) groups excluding carboxylic acids is 1. The van der Waals surface area contributed by atoms with Crippen molar-refractivity contribution in [3.8, 4) is 5.69 Å². The maximum atomic E-state index is 13.8. The van der Waals surface area contributed by atoms with Gasteiger partial charge < -0.3 is 10.4 Å². The predicted molar refractivity (Wildman–Crippen MR) is 139 cm³/mol. The number of nitrogens with zero attached hydrogens (tertiary/aromatic N) is 3. The first-order valence-electron chi connectivity index (χ1n) is 11.3. The van der Waals surface area contributed by atoms with E-state index in [1.807, 2.05) is 48.5 Å². The number of halogens is 3. The molecular weight excluding hydrogens is 490 g/mol. The summed E-state index contributed by atoms with van der Waals surface area (Å²) in [5.41, 5.74) is 2.16. The molecule has 0 atom stereocenters. The van der Waals surface area contributed by atoms with Crippen LogP contribution in [0, 0.1) is 0 Å². The molecule has 35 heavy (non-hydrogen) atoms. The van der Waals surface area contributed by atoms with Crippen LogP contribution in [0.15, 0.2) is 72.8 Å². The van der Waals surface area contributed by atoms with E-state index in [-0.39, 0.29) is 22.9 Å². The fourth-order valence-corrected chi connectivity index (χ4v) is 4.72. The minimum absolute atomic E-state index is 0. The predicted octanol–water partition coefficient (Wildman–Crippen LogP) is 6.64. The third-order valence-corrected chi connectivity index (χ3v) is 6.62. The summed E-state index contributed by atoms with van der Waals surface area (Å²) >= 11 is 12.5. The topological polar surface area (TPSA) is 70.4 Å². The molecule has 9 heteroatoms. The van der Waals surface area contributed by atoms with Crippen molar-refractivity contribution in [3.63, 3.8) is 0 Å². The van der Waals surface area contributed by atoms with Crippen LogP contribution in [0.25, 0.3) is 16.6 Å². The molecule has 182 valence electrons. The van der Waals surface area contributed by atoms with Gasteiger partial charge in [0.1, 0.15) is 0 Å². The Balaban J connectivity index is 0.00000289. The van der Waals surface area contributed by atoms with Gasteiger partial charge in [0.05, 0.1) is 23.0 Å². The van der Waals surface area contributed by atoms with Crippen molar-refractivity contribution in [2.75, 3.05) is 4.90 Å². The van der Waals surface area contributed by atoms with Crippen molar-refractivity contribution in [1.29, 1.82) is 0 Å². The zero-order chi connectivity index (χ0) is 23.7. The molecule has 1 fully saturated rings. The smallest absolute Gasteiger partial charge is 0.327 e. The molecule has 1 aliphatic rings.